The van der Waals surface area contributed by atoms with Crippen LogP contribution in [0.4, 0.5) is 0 Å². The van der Waals surface area contributed by atoms with Crippen molar-refractivity contribution in [3.8, 4) is 0 Å². The molecule has 0 spiro atoms. The fourth-order valence-corrected chi connectivity index (χ4v) is 5.34. The summed E-state index contributed by atoms with van der Waals surface area (Å²) in [7, 11) is 0. The van der Waals surface area contributed by atoms with E-state index in [0.717, 1.165) is 16.7 Å². The number of alkyl halides is 1. The van der Waals surface area contributed by atoms with Crippen LogP contribution in [0.1, 0.15) is 56.3 Å². The summed E-state index contributed by atoms with van der Waals surface area (Å²) in [6.07, 6.45) is 0.251. The van der Waals surface area contributed by atoms with E-state index in [0.29, 0.717) is 5.02 Å². The zero-order valence-electron chi connectivity index (χ0n) is 22.9. The fraction of sp³-hybridized carbons (Fsp3) is 0.344. The smallest absolute Gasteiger partial charge is 0.309 e. The molecule has 0 unspecified atom stereocenters. The molecule has 0 aliphatic heterocycles. The highest BCUT2D eigenvalue weighted by atomic mass is 35.5. The highest BCUT2D eigenvalue weighted by molar-refractivity contribution is 6.30. The van der Waals surface area contributed by atoms with Crippen LogP contribution in [0, 0.1) is 5.92 Å². The Hall–Kier alpha value is -3.35. The van der Waals surface area contributed by atoms with Crippen molar-refractivity contribution in [2.24, 2.45) is 5.92 Å². The lowest BCUT2D eigenvalue weighted by Crippen LogP contribution is -2.68. The topological polar surface area (TPSA) is 75.7 Å². The number of halogens is 2. The molecule has 3 aromatic carbocycles. The summed E-state index contributed by atoms with van der Waals surface area (Å²) >= 11 is 12.2. The molecule has 1 N–H and O–H groups in total. The average Bonchev–Trinajstić information content (AvgIpc) is 2.91. The van der Waals surface area contributed by atoms with Crippen molar-refractivity contribution < 1.29 is 19.1 Å². The molecule has 0 saturated heterocycles. The van der Waals surface area contributed by atoms with Gasteiger partial charge < -0.3 is 15.0 Å². The minimum Gasteiger partial charge on any atom is -0.460 e. The number of nitrogens with zero attached hydrogens (tertiary/aromatic N) is 1. The number of nitrogens with one attached hydrogen (secondary N) is 1. The lowest BCUT2D eigenvalue weighted by Gasteiger charge is -2.52. The second kappa shape index (κ2) is 12.4. The molecule has 1 saturated carbocycles. The summed E-state index contributed by atoms with van der Waals surface area (Å²) in [5, 5.41) is 3.77. The van der Waals surface area contributed by atoms with Gasteiger partial charge in [0.25, 0.3) is 0 Å². The maximum atomic E-state index is 14.3. The van der Waals surface area contributed by atoms with Crippen LogP contribution in [0.3, 0.4) is 0 Å². The summed E-state index contributed by atoms with van der Waals surface area (Å²) in [4.78, 5) is 42.2. The molecule has 1 fully saturated rings. The summed E-state index contributed by atoms with van der Waals surface area (Å²) in [6, 6.07) is 25.9. The van der Waals surface area contributed by atoms with Crippen LogP contribution in [0.15, 0.2) is 84.9 Å². The predicted molar refractivity (Wildman–Crippen MR) is 157 cm³/mol. The molecule has 0 aromatic heterocycles. The van der Waals surface area contributed by atoms with E-state index in [4.69, 9.17) is 27.9 Å². The molecule has 6 nitrogen and oxygen atoms in total. The van der Waals surface area contributed by atoms with Crippen molar-refractivity contribution in [1.82, 2.24) is 10.2 Å². The molecule has 0 radical (unpaired) electrons. The maximum Gasteiger partial charge on any atom is 0.309 e. The quantitative estimate of drug-likeness (QED) is 0.238. The van der Waals surface area contributed by atoms with E-state index in [9.17, 15) is 14.4 Å². The summed E-state index contributed by atoms with van der Waals surface area (Å²) in [6.45, 7) is 5.55. The third-order valence-electron chi connectivity index (χ3n) is 7.06. The summed E-state index contributed by atoms with van der Waals surface area (Å²) < 4.78 is 5.62. The second-order valence-electron chi connectivity index (χ2n) is 11.1. The number of rotatable bonds is 9. The number of ether oxygens (including phenoxy) is 1. The SMILES string of the molecule is CC(C)(C)OC(=O)C1CC(C(=O)NC(c2ccccc2)c2ccccc2)(N(Cc2ccc(Cl)cc2)C(=O)CCl)C1. The average molecular weight is 582 g/mol. The van der Waals surface area contributed by atoms with Gasteiger partial charge in [0.15, 0.2) is 0 Å². The molecule has 2 amide bonds. The number of carbonyl (C=O) groups excluding carboxylic acids is 3. The van der Waals surface area contributed by atoms with Crippen LogP contribution in [0.25, 0.3) is 0 Å². The van der Waals surface area contributed by atoms with Gasteiger partial charge in [-0.2, -0.15) is 0 Å². The molecule has 210 valence electrons. The highest BCUT2D eigenvalue weighted by Gasteiger charge is 2.58. The van der Waals surface area contributed by atoms with E-state index in [2.05, 4.69) is 5.32 Å². The van der Waals surface area contributed by atoms with Crippen LogP contribution >= 0.6 is 23.2 Å². The van der Waals surface area contributed by atoms with Gasteiger partial charge in [-0.25, -0.2) is 0 Å². The van der Waals surface area contributed by atoms with E-state index in [1.807, 2.05) is 72.8 Å². The second-order valence-corrected chi connectivity index (χ2v) is 11.8. The van der Waals surface area contributed by atoms with Gasteiger partial charge in [-0.3, -0.25) is 14.4 Å². The van der Waals surface area contributed by atoms with Crippen molar-refractivity contribution in [3.05, 3.63) is 107 Å². The van der Waals surface area contributed by atoms with Crippen molar-refractivity contribution in [1.29, 1.82) is 0 Å². The first-order valence-electron chi connectivity index (χ1n) is 13.3. The van der Waals surface area contributed by atoms with Crippen molar-refractivity contribution in [3.63, 3.8) is 0 Å². The Balaban J connectivity index is 1.71. The Morgan fingerprint density at radius 1 is 0.925 bits per heavy atom. The first kappa shape index (κ1) is 29.6. The van der Waals surface area contributed by atoms with Crippen LogP contribution in [-0.4, -0.2) is 39.7 Å². The van der Waals surface area contributed by atoms with E-state index in [1.54, 1.807) is 32.9 Å². The lowest BCUT2D eigenvalue weighted by molar-refractivity contribution is -0.176. The number of amides is 2. The zero-order valence-corrected chi connectivity index (χ0v) is 24.4. The predicted octanol–water partition coefficient (Wildman–Crippen LogP) is 6.30. The number of benzene rings is 3. The number of hydrogen-bond acceptors (Lipinski definition) is 4. The Labute approximate surface area is 245 Å². The molecular weight excluding hydrogens is 547 g/mol. The molecule has 40 heavy (non-hydrogen) atoms. The van der Waals surface area contributed by atoms with E-state index < -0.39 is 29.0 Å². The van der Waals surface area contributed by atoms with E-state index >= 15 is 0 Å². The van der Waals surface area contributed by atoms with Gasteiger partial charge in [-0.1, -0.05) is 84.4 Å². The van der Waals surface area contributed by atoms with Crippen molar-refractivity contribution in [2.75, 3.05) is 5.88 Å². The Morgan fingerprint density at radius 2 is 1.45 bits per heavy atom. The fourth-order valence-electron chi connectivity index (χ4n) is 5.07. The number of carbonyl (C=O) groups is 3. The van der Waals surface area contributed by atoms with Gasteiger partial charge in [-0.05, 0) is 62.4 Å². The first-order valence-corrected chi connectivity index (χ1v) is 14.2. The van der Waals surface area contributed by atoms with Gasteiger partial charge in [0.1, 0.15) is 17.0 Å². The number of esters is 1. The molecule has 1 aliphatic carbocycles. The molecule has 1 aliphatic rings. The molecule has 4 rings (SSSR count). The third-order valence-corrected chi connectivity index (χ3v) is 7.54. The zero-order chi connectivity index (χ0) is 28.9. The van der Waals surface area contributed by atoms with Crippen LogP contribution < -0.4 is 5.32 Å². The van der Waals surface area contributed by atoms with Gasteiger partial charge in [0.05, 0.1) is 12.0 Å². The largest absolute Gasteiger partial charge is 0.460 e. The molecule has 0 heterocycles. The monoisotopic (exact) mass is 580 g/mol. The maximum absolute atomic E-state index is 14.3. The first-order chi connectivity index (χ1) is 19.0. The Bertz CT molecular complexity index is 1280. The number of hydrogen-bond donors (Lipinski definition) is 1. The third kappa shape index (κ3) is 6.86. The molecule has 0 atom stereocenters. The van der Waals surface area contributed by atoms with Gasteiger partial charge >= 0.3 is 5.97 Å². The van der Waals surface area contributed by atoms with E-state index in [-0.39, 0.29) is 37.1 Å². The molecule has 3 aromatic rings. The molecular formula is C32H34Cl2N2O4. The minimum absolute atomic E-state index is 0.125. The molecule has 0 bridgehead atoms. The van der Waals surface area contributed by atoms with Crippen LogP contribution in [0.5, 0.6) is 0 Å². The van der Waals surface area contributed by atoms with E-state index in [1.165, 1.54) is 4.90 Å². The van der Waals surface area contributed by atoms with Gasteiger partial charge in [0.2, 0.25) is 11.8 Å². The van der Waals surface area contributed by atoms with Crippen LogP contribution in [-0.2, 0) is 25.7 Å². The normalized spacial score (nSPS) is 18.5. The summed E-state index contributed by atoms with van der Waals surface area (Å²) in [5.74, 6) is -1.97. The Kier molecular flexibility index (Phi) is 9.22. The van der Waals surface area contributed by atoms with Crippen LogP contribution in [0.2, 0.25) is 5.02 Å². The van der Waals surface area contributed by atoms with Crippen molar-refractivity contribution in [2.45, 2.75) is 57.3 Å². The molecule has 8 heteroatoms. The minimum atomic E-state index is -1.30. The standard InChI is InChI=1S/C32H34Cl2N2O4/c1-31(2,3)40-29(38)25-18-32(19-25,36(27(37)20-33)21-22-14-16-26(34)17-15-22)30(39)35-28(23-10-6-4-7-11-23)24-12-8-5-9-13-24/h4-17,25,28H,18-21H2,1-3H3,(H,35,39). The Morgan fingerprint density at radius 3 is 1.93 bits per heavy atom. The lowest BCUT2D eigenvalue weighted by atomic mass is 9.66. The highest BCUT2D eigenvalue weighted by Crippen LogP contribution is 2.45. The van der Waals surface area contributed by atoms with Gasteiger partial charge in [0, 0.05) is 11.6 Å². The van der Waals surface area contributed by atoms with Gasteiger partial charge in [-0.15, -0.1) is 11.6 Å². The van der Waals surface area contributed by atoms with Crippen molar-refractivity contribution >= 4 is 41.0 Å². The summed E-state index contributed by atoms with van der Waals surface area (Å²) in [5.41, 5.74) is 0.618.